The number of hydrogen-bond donors (Lipinski definition) is 2. The third kappa shape index (κ3) is 4.37. The molecule has 3 atom stereocenters. The Morgan fingerprint density at radius 3 is 2.45 bits per heavy atom. The molecule has 0 spiro atoms. The first-order valence-electron chi connectivity index (χ1n) is 7.18. The fraction of sp³-hybridized carbons (Fsp3) is 0.500. The van der Waals surface area contributed by atoms with E-state index in [2.05, 4.69) is 5.32 Å². The molecule has 5 nitrogen and oxygen atoms in total. The van der Waals surface area contributed by atoms with Crippen LogP contribution in [0.1, 0.15) is 38.8 Å². The lowest BCUT2D eigenvalue weighted by Crippen LogP contribution is -2.38. The van der Waals surface area contributed by atoms with Crippen molar-refractivity contribution in [3.63, 3.8) is 0 Å². The van der Waals surface area contributed by atoms with E-state index >= 15 is 0 Å². The number of carbonyl (C=O) groups is 2. The van der Waals surface area contributed by atoms with Crippen LogP contribution in [0.3, 0.4) is 0 Å². The first kappa shape index (κ1) is 18.3. The summed E-state index contributed by atoms with van der Waals surface area (Å²) in [5.41, 5.74) is 0.406. The lowest BCUT2D eigenvalue weighted by atomic mass is 9.92. The summed E-state index contributed by atoms with van der Waals surface area (Å²) in [4.78, 5) is 23.7. The van der Waals surface area contributed by atoms with Crippen molar-refractivity contribution in [3.05, 3.63) is 28.8 Å². The summed E-state index contributed by atoms with van der Waals surface area (Å²) < 4.78 is 5.04. The lowest BCUT2D eigenvalue weighted by molar-refractivity contribution is -0.142. The molecule has 0 saturated carbocycles. The molecule has 1 amide bonds. The van der Waals surface area contributed by atoms with Crippen LogP contribution in [0.25, 0.3) is 0 Å². The summed E-state index contributed by atoms with van der Waals surface area (Å²) in [7, 11) is 1.48. The van der Waals surface area contributed by atoms with Crippen molar-refractivity contribution in [1.82, 2.24) is 5.32 Å². The van der Waals surface area contributed by atoms with Crippen molar-refractivity contribution in [2.45, 2.75) is 33.2 Å². The number of nitrogens with one attached hydrogen (secondary N) is 1. The highest BCUT2D eigenvalue weighted by Crippen LogP contribution is 2.28. The van der Waals surface area contributed by atoms with Gasteiger partial charge in [0.15, 0.2) is 6.04 Å². The molecule has 0 saturated heterocycles. The number of rotatable bonds is 7. The van der Waals surface area contributed by atoms with Gasteiger partial charge in [-0.3, -0.25) is 4.79 Å². The quantitative estimate of drug-likeness (QED) is 0.806. The summed E-state index contributed by atoms with van der Waals surface area (Å²) in [5, 5.41) is 12.3. The highest BCUT2D eigenvalue weighted by molar-refractivity contribution is 6.32. The van der Waals surface area contributed by atoms with Crippen LogP contribution in [0.5, 0.6) is 5.75 Å². The predicted molar refractivity (Wildman–Crippen MR) is 85.1 cm³/mol. The molecule has 6 heteroatoms. The molecule has 0 bridgehead atoms. The number of methoxy groups -OCH3 is 1. The Bertz CT molecular complexity index is 547. The molecular formula is C16H22ClNO4. The number of benzene rings is 1. The molecule has 0 heterocycles. The third-order valence-corrected chi connectivity index (χ3v) is 4.25. The largest absolute Gasteiger partial charge is 0.495 e. The van der Waals surface area contributed by atoms with Gasteiger partial charge in [0, 0.05) is 5.92 Å². The van der Waals surface area contributed by atoms with Gasteiger partial charge in [-0.25, -0.2) is 4.79 Å². The van der Waals surface area contributed by atoms with E-state index < -0.39 is 12.0 Å². The highest BCUT2D eigenvalue weighted by Gasteiger charge is 2.27. The number of halogens is 1. The Labute approximate surface area is 135 Å². The minimum absolute atomic E-state index is 0.175. The molecule has 0 aliphatic carbocycles. The predicted octanol–water partition coefficient (Wildman–Crippen LogP) is 3.27. The van der Waals surface area contributed by atoms with Crippen LogP contribution in [0, 0.1) is 11.8 Å². The van der Waals surface area contributed by atoms with Crippen molar-refractivity contribution in [2.24, 2.45) is 11.8 Å². The second kappa shape index (κ2) is 8.03. The van der Waals surface area contributed by atoms with Gasteiger partial charge in [-0.1, -0.05) is 44.9 Å². The molecule has 0 radical (unpaired) electrons. The number of carbonyl (C=O) groups excluding carboxylic acids is 1. The van der Waals surface area contributed by atoms with Crippen LogP contribution < -0.4 is 10.1 Å². The second-order valence-electron chi connectivity index (χ2n) is 5.35. The normalized spacial score (nSPS) is 14.8. The summed E-state index contributed by atoms with van der Waals surface area (Å²) in [5.74, 6) is -1.05. The van der Waals surface area contributed by atoms with Gasteiger partial charge >= 0.3 is 5.97 Å². The highest BCUT2D eigenvalue weighted by atomic mass is 35.5. The van der Waals surface area contributed by atoms with E-state index in [1.165, 1.54) is 13.2 Å². The van der Waals surface area contributed by atoms with Crippen LogP contribution in [0.4, 0.5) is 0 Å². The first-order chi connectivity index (χ1) is 10.3. The van der Waals surface area contributed by atoms with E-state index in [4.69, 9.17) is 16.3 Å². The zero-order valence-electron chi connectivity index (χ0n) is 13.2. The maximum absolute atomic E-state index is 12.2. The monoisotopic (exact) mass is 327 g/mol. The fourth-order valence-electron chi connectivity index (χ4n) is 2.04. The van der Waals surface area contributed by atoms with Gasteiger partial charge in [0.25, 0.3) is 0 Å². The summed E-state index contributed by atoms with van der Waals surface area (Å²) in [6.45, 7) is 5.75. The van der Waals surface area contributed by atoms with Crippen molar-refractivity contribution in [2.75, 3.05) is 7.11 Å². The van der Waals surface area contributed by atoms with E-state index in [9.17, 15) is 14.7 Å². The van der Waals surface area contributed by atoms with Gasteiger partial charge in [0.1, 0.15) is 5.75 Å². The minimum atomic E-state index is -1.14. The van der Waals surface area contributed by atoms with Gasteiger partial charge < -0.3 is 15.2 Å². The van der Waals surface area contributed by atoms with Crippen molar-refractivity contribution < 1.29 is 19.4 Å². The standard InChI is InChI=1S/C16H22ClNO4/c1-5-9(2)10(3)15(19)18-14(16(20)21)11-6-7-13(22-4)12(17)8-11/h6-10,14H,5H2,1-4H3,(H,18,19)(H,20,21). The van der Waals surface area contributed by atoms with Crippen molar-refractivity contribution in [1.29, 1.82) is 0 Å². The maximum Gasteiger partial charge on any atom is 0.330 e. The van der Waals surface area contributed by atoms with E-state index in [-0.39, 0.29) is 17.7 Å². The van der Waals surface area contributed by atoms with E-state index in [0.717, 1.165) is 6.42 Å². The lowest BCUT2D eigenvalue weighted by Gasteiger charge is -2.21. The van der Waals surface area contributed by atoms with Gasteiger partial charge in [0.2, 0.25) is 5.91 Å². The Morgan fingerprint density at radius 1 is 1.36 bits per heavy atom. The summed E-state index contributed by atoms with van der Waals surface area (Å²) in [6, 6.07) is 3.52. The Balaban J connectivity index is 2.98. The summed E-state index contributed by atoms with van der Waals surface area (Å²) in [6.07, 6.45) is 0.848. The zero-order valence-corrected chi connectivity index (χ0v) is 14.0. The van der Waals surface area contributed by atoms with Crippen LogP contribution in [-0.4, -0.2) is 24.1 Å². The molecular weight excluding hydrogens is 306 g/mol. The number of ether oxygens (including phenoxy) is 1. The van der Waals surface area contributed by atoms with Crippen LogP contribution in [0.15, 0.2) is 18.2 Å². The van der Waals surface area contributed by atoms with Crippen LogP contribution >= 0.6 is 11.6 Å². The van der Waals surface area contributed by atoms with Crippen molar-refractivity contribution in [3.8, 4) is 5.75 Å². The number of carboxylic acids is 1. The molecule has 1 aromatic carbocycles. The number of hydrogen-bond acceptors (Lipinski definition) is 3. The number of carboxylic acid groups (broad SMARTS) is 1. The Hall–Kier alpha value is -1.75. The average Bonchev–Trinajstić information content (AvgIpc) is 2.50. The van der Waals surface area contributed by atoms with E-state index in [1.54, 1.807) is 19.1 Å². The van der Waals surface area contributed by atoms with Crippen LogP contribution in [0.2, 0.25) is 5.02 Å². The average molecular weight is 328 g/mol. The topological polar surface area (TPSA) is 75.6 Å². The Kier molecular flexibility index (Phi) is 6.68. The van der Waals surface area contributed by atoms with Crippen molar-refractivity contribution >= 4 is 23.5 Å². The molecule has 2 N–H and O–H groups in total. The first-order valence-corrected chi connectivity index (χ1v) is 7.56. The maximum atomic E-state index is 12.2. The fourth-order valence-corrected chi connectivity index (χ4v) is 2.30. The van der Waals surface area contributed by atoms with Crippen LogP contribution in [-0.2, 0) is 9.59 Å². The molecule has 0 aromatic heterocycles. The number of amides is 1. The second-order valence-corrected chi connectivity index (χ2v) is 5.76. The Morgan fingerprint density at radius 2 is 2.00 bits per heavy atom. The molecule has 122 valence electrons. The molecule has 1 aromatic rings. The minimum Gasteiger partial charge on any atom is -0.495 e. The van der Waals surface area contributed by atoms with Gasteiger partial charge in [-0.15, -0.1) is 0 Å². The van der Waals surface area contributed by atoms with E-state index in [1.807, 2.05) is 13.8 Å². The van der Waals surface area contributed by atoms with Gasteiger partial charge in [-0.05, 0) is 23.6 Å². The van der Waals surface area contributed by atoms with E-state index in [0.29, 0.717) is 16.3 Å². The summed E-state index contributed by atoms with van der Waals surface area (Å²) >= 11 is 6.02. The van der Waals surface area contributed by atoms with Gasteiger partial charge in [-0.2, -0.15) is 0 Å². The smallest absolute Gasteiger partial charge is 0.330 e. The van der Waals surface area contributed by atoms with Gasteiger partial charge in [0.05, 0.1) is 12.1 Å². The molecule has 0 aliphatic rings. The third-order valence-electron chi connectivity index (χ3n) is 3.95. The molecule has 1 rings (SSSR count). The number of aliphatic carboxylic acids is 1. The molecule has 0 fully saturated rings. The molecule has 0 aliphatic heterocycles. The molecule has 22 heavy (non-hydrogen) atoms. The molecule has 3 unspecified atom stereocenters. The zero-order chi connectivity index (χ0) is 16.9. The SMILES string of the molecule is CCC(C)C(C)C(=O)NC(C(=O)O)c1ccc(OC)c(Cl)c1.